The van der Waals surface area contributed by atoms with Crippen molar-refractivity contribution in [3.63, 3.8) is 0 Å². The van der Waals surface area contributed by atoms with E-state index in [2.05, 4.69) is 0 Å². The number of allylic oxidation sites excluding steroid dienone is 1. The van der Waals surface area contributed by atoms with Gasteiger partial charge >= 0.3 is 23.9 Å². The topological polar surface area (TPSA) is 105 Å². The largest absolute Gasteiger partial charge is 0.461 e. The van der Waals surface area contributed by atoms with Crippen LogP contribution in [0.3, 0.4) is 0 Å². The summed E-state index contributed by atoms with van der Waals surface area (Å²) in [6.45, 7) is 11.5. The van der Waals surface area contributed by atoms with E-state index < -0.39 is 47.7 Å². The normalized spacial score (nSPS) is 35.0. The Morgan fingerprint density at radius 3 is 2.18 bits per heavy atom. The minimum Gasteiger partial charge on any atom is -0.461 e. The number of hydrogen-bond acceptors (Lipinski definition) is 8. The Morgan fingerprint density at radius 1 is 0.971 bits per heavy atom. The van der Waals surface area contributed by atoms with E-state index in [1.54, 1.807) is 6.92 Å². The summed E-state index contributed by atoms with van der Waals surface area (Å²) in [5, 5.41) is 0. The second-order valence-corrected chi connectivity index (χ2v) is 9.78. The summed E-state index contributed by atoms with van der Waals surface area (Å²) in [5.74, 6) is -2.14. The zero-order chi connectivity index (χ0) is 25.4. The molecule has 34 heavy (non-hydrogen) atoms. The Morgan fingerprint density at radius 2 is 1.59 bits per heavy atom. The molecule has 8 nitrogen and oxygen atoms in total. The van der Waals surface area contributed by atoms with Crippen LogP contribution in [0.15, 0.2) is 34.4 Å². The molecule has 3 aliphatic rings. The number of ether oxygens (including phenoxy) is 4. The van der Waals surface area contributed by atoms with Gasteiger partial charge in [-0.25, -0.2) is 4.79 Å². The average molecular weight is 475 g/mol. The van der Waals surface area contributed by atoms with Gasteiger partial charge in [-0.15, -0.1) is 0 Å². The van der Waals surface area contributed by atoms with E-state index in [1.807, 2.05) is 32.9 Å². The van der Waals surface area contributed by atoms with Crippen molar-refractivity contribution in [3.8, 4) is 0 Å². The van der Waals surface area contributed by atoms with Crippen LogP contribution in [0.25, 0.3) is 0 Å². The summed E-state index contributed by atoms with van der Waals surface area (Å²) < 4.78 is 23.1. The van der Waals surface area contributed by atoms with Gasteiger partial charge < -0.3 is 18.9 Å². The van der Waals surface area contributed by atoms with Crippen molar-refractivity contribution in [2.75, 3.05) is 0 Å². The van der Waals surface area contributed by atoms with Crippen molar-refractivity contribution in [1.82, 2.24) is 0 Å². The molecule has 0 radical (unpaired) electrons. The number of rotatable bonds is 3. The summed E-state index contributed by atoms with van der Waals surface area (Å²) in [6, 6.07) is 0. The van der Waals surface area contributed by atoms with E-state index in [4.69, 9.17) is 18.9 Å². The molecule has 0 bridgehead atoms. The van der Waals surface area contributed by atoms with Gasteiger partial charge in [0.15, 0.2) is 0 Å². The molecule has 6 atom stereocenters. The summed E-state index contributed by atoms with van der Waals surface area (Å²) in [5.41, 5.74) is 2.30. The third-order valence-corrected chi connectivity index (χ3v) is 7.27. The Bertz CT molecular complexity index is 987. The molecule has 0 amide bonds. The van der Waals surface area contributed by atoms with Crippen LogP contribution in [0, 0.1) is 11.3 Å². The van der Waals surface area contributed by atoms with Crippen molar-refractivity contribution in [2.24, 2.45) is 11.3 Å². The summed E-state index contributed by atoms with van der Waals surface area (Å²) >= 11 is 0. The lowest BCUT2D eigenvalue weighted by atomic mass is 9.58. The Balaban J connectivity index is 2.28. The van der Waals surface area contributed by atoms with Crippen LogP contribution < -0.4 is 0 Å². The first-order valence-electron chi connectivity index (χ1n) is 11.6. The minimum absolute atomic E-state index is 0.260. The van der Waals surface area contributed by atoms with E-state index in [0.29, 0.717) is 18.4 Å². The lowest BCUT2D eigenvalue weighted by Gasteiger charge is -2.51. The average Bonchev–Trinajstić information content (AvgIpc) is 2.96. The van der Waals surface area contributed by atoms with E-state index in [9.17, 15) is 19.2 Å². The Hall–Kier alpha value is -2.90. The molecule has 0 unspecified atom stereocenters. The molecule has 0 fully saturated rings. The molecule has 1 aliphatic heterocycles. The number of carbonyl (C=O) groups excluding carboxylic acids is 4. The smallest absolute Gasteiger partial charge is 0.334 e. The van der Waals surface area contributed by atoms with Crippen LogP contribution in [0.4, 0.5) is 0 Å². The van der Waals surface area contributed by atoms with Crippen LogP contribution in [0.5, 0.6) is 0 Å². The highest BCUT2D eigenvalue weighted by molar-refractivity contribution is 5.92. The Kier molecular flexibility index (Phi) is 7.38. The fourth-order valence-corrected chi connectivity index (χ4v) is 5.63. The Labute approximate surface area is 200 Å². The molecular weight excluding hydrogens is 440 g/mol. The minimum atomic E-state index is -0.947. The molecule has 3 rings (SSSR count). The maximum absolute atomic E-state index is 12.5. The SMILES string of the molecule is CC(=O)O[C@H]1CC=C(C)[C@H]2CC3=C(C)C(=O)O[C@H]3/C=C(/C)C[C@@H](OC(C)=O)[C@H](OC(C)=O)[C@@]12C. The number of esters is 4. The second-order valence-electron chi connectivity index (χ2n) is 9.78. The standard InChI is InChI=1S/C26H34O8/c1-13-10-21-19(15(3)25(30)34-21)12-20-14(2)8-9-23(32-17(5)28)26(20,7)24(33-18(6)29)22(11-13)31-16(4)27/h8,10,20-24H,9,11-12H2,1-7H3/b13-10-/t20-,21+,22-,23+,24+,26-/m1/s1. The number of hydrogen-bond donors (Lipinski definition) is 0. The first-order chi connectivity index (χ1) is 15.8. The fraction of sp³-hybridized carbons (Fsp3) is 0.615. The van der Waals surface area contributed by atoms with Gasteiger partial charge in [0.2, 0.25) is 0 Å². The van der Waals surface area contributed by atoms with Crippen LogP contribution in [0.2, 0.25) is 0 Å². The third-order valence-electron chi connectivity index (χ3n) is 7.27. The van der Waals surface area contributed by atoms with Gasteiger partial charge in [-0.3, -0.25) is 14.4 Å². The van der Waals surface area contributed by atoms with Gasteiger partial charge in [-0.2, -0.15) is 0 Å². The van der Waals surface area contributed by atoms with Crippen molar-refractivity contribution < 1.29 is 38.1 Å². The van der Waals surface area contributed by atoms with Gasteiger partial charge in [0.1, 0.15) is 24.4 Å². The van der Waals surface area contributed by atoms with E-state index in [-0.39, 0.29) is 18.3 Å². The van der Waals surface area contributed by atoms with Gasteiger partial charge in [0, 0.05) is 39.2 Å². The monoisotopic (exact) mass is 474 g/mol. The highest BCUT2D eigenvalue weighted by atomic mass is 16.6. The van der Waals surface area contributed by atoms with Crippen LogP contribution in [-0.4, -0.2) is 48.3 Å². The summed E-state index contributed by atoms with van der Waals surface area (Å²) in [6.07, 6.45) is 2.12. The number of fused-ring (bicyclic) bond motifs is 2. The fourth-order valence-electron chi connectivity index (χ4n) is 5.63. The zero-order valence-electron chi connectivity index (χ0n) is 20.9. The van der Waals surface area contributed by atoms with Crippen LogP contribution in [0.1, 0.15) is 67.7 Å². The van der Waals surface area contributed by atoms with Crippen molar-refractivity contribution in [1.29, 1.82) is 0 Å². The van der Waals surface area contributed by atoms with Gasteiger partial charge in [0.25, 0.3) is 0 Å². The molecule has 186 valence electrons. The first kappa shape index (κ1) is 25.7. The molecule has 1 heterocycles. The molecule has 0 saturated heterocycles. The molecule has 8 heteroatoms. The molecule has 0 N–H and O–H groups in total. The third kappa shape index (κ3) is 4.95. The van der Waals surface area contributed by atoms with Gasteiger partial charge in [0.05, 0.1) is 5.41 Å². The van der Waals surface area contributed by atoms with Crippen molar-refractivity contribution in [3.05, 3.63) is 34.4 Å². The van der Waals surface area contributed by atoms with Crippen molar-refractivity contribution in [2.45, 2.75) is 92.1 Å². The zero-order valence-corrected chi connectivity index (χ0v) is 20.9. The first-order valence-corrected chi connectivity index (χ1v) is 11.6. The highest BCUT2D eigenvalue weighted by Gasteiger charge is 2.57. The quantitative estimate of drug-likeness (QED) is 0.346. The predicted octanol–water partition coefficient (Wildman–Crippen LogP) is 3.74. The lowest BCUT2D eigenvalue weighted by Crippen LogP contribution is -2.58. The summed E-state index contributed by atoms with van der Waals surface area (Å²) in [4.78, 5) is 49.0. The molecule has 0 saturated carbocycles. The molecular formula is C26H34O8. The van der Waals surface area contributed by atoms with Gasteiger partial charge in [-0.1, -0.05) is 24.1 Å². The van der Waals surface area contributed by atoms with Gasteiger partial charge in [-0.05, 0) is 44.8 Å². The highest BCUT2D eigenvalue weighted by Crippen LogP contribution is 2.52. The molecule has 0 aromatic heterocycles. The van der Waals surface area contributed by atoms with E-state index in [0.717, 1.165) is 16.7 Å². The van der Waals surface area contributed by atoms with Crippen LogP contribution >= 0.6 is 0 Å². The summed E-state index contributed by atoms with van der Waals surface area (Å²) in [7, 11) is 0. The van der Waals surface area contributed by atoms with Crippen LogP contribution in [-0.2, 0) is 38.1 Å². The molecule has 0 aromatic carbocycles. The molecule has 2 aliphatic carbocycles. The van der Waals surface area contributed by atoms with Crippen molar-refractivity contribution >= 4 is 23.9 Å². The molecule has 0 aromatic rings. The maximum atomic E-state index is 12.5. The predicted molar refractivity (Wildman–Crippen MR) is 122 cm³/mol. The maximum Gasteiger partial charge on any atom is 0.334 e. The lowest BCUT2D eigenvalue weighted by molar-refractivity contribution is -0.200. The molecule has 0 spiro atoms. The van der Waals surface area contributed by atoms with E-state index in [1.165, 1.54) is 20.8 Å². The number of carbonyl (C=O) groups is 4. The second kappa shape index (κ2) is 9.76. The van der Waals surface area contributed by atoms with E-state index >= 15 is 0 Å².